The maximum absolute atomic E-state index is 12.9. The van der Waals surface area contributed by atoms with E-state index in [1.807, 2.05) is 13.0 Å². The average molecular weight is 757 g/mol. The number of pyridine rings is 1. The maximum atomic E-state index is 12.9. The number of benzene rings is 1. The fraction of sp³-hybridized carbons (Fsp3) is 0.375. The van der Waals surface area contributed by atoms with Crippen LogP contribution in [0.3, 0.4) is 0 Å². The van der Waals surface area contributed by atoms with Crippen LogP contribution < -0.4 is 31.7 Å². The fourth-order valence-corrected chi connectivity index (χ4v) is 6.92. The van der Waals surface area contributed by atoms with Crippen molar-refractivity contribution in [3.8, 4) is 11.8 Å². The van der Waals surface area contributed by atoms with Gasteiger partial charge in [0.15, 0.2) is 5.16 Å². The molecule has 0 unspecified atom stereocenters. The van der Waals surface area contributed by atoms with E-state index < -0.39 is 54.7 Å². The molecule has 276 valence electrons. The molecule has 1 aromatic carbocycles. The van der Waals surface area contributed by atoms with Gasteiger partial charge in [-0.3, -0.25) is 24.0 Å². The van der Waals surface area contributed by atoms with Gasteiger partial charge in [-0.25, -0.2) is 9.97 Å². The molecule has 1 aliphatic heterocycles. The number of anilines is 1. The number of hydrogen-bond acceptors (Lipinski definition) is 15. The first-order valence-corrected chi connectivity index (χ1v) is 17.8. The highest BCUT2D eigenvalue weighted by Crippen LogP contribution is 2.42. The normalized spacial score (nSPS) is 16.6. The Kier molecular flexibility index (Phi) is 12.4. The van der Waals surface area contributed by atoms with E-state index in [2.05, 4.69) is 36.2 Å². The molecule has 4 atom stereocenters. The van der Waals surface area contributed by atoms with Crippen LogP contribution >= 0.6 is 23.1 Å². The number of carbonyl (C=O) groups excluding carboxylic acids is 3. The van der Waals surface area contributed by atoms with Crippen LogP contribution in [0, 0.1) is 0 Å². The third-order valence-corrected chi connectivity index (χ3v) is 9.85. The SMILES string of the molecule is CCOCc1cnc(SC[C@H](NC(=O)CC[C@H](N)C(=O)O)C(=O)NCC(=O)O)nc1Oc1ccc2c(ccc3sc4c(c32)N[C@H](O)[C@@H](C)NC4=O)n1. The summed E-state index contributed by atoms with van der Waals surface area (Å²) in [6, 6.07) is 4.03. The van der Waals surface area contributed by atoms with Crippen molar-refractivity contribution >= 4 is 79.4 Å². The van der Waals surface area contributed by atoms with E-state index in [1.165, 1.54) is 17.5 Å². The van der Waals surface area contributed by atoms with Crippen LogP contribution in [-0.4, -0.2) is 103 Å². The monoisotopic (exact) mass is 756 g/mol. The molecule has 1 aliphatic rings. The summed E-state index contributed by atoms with van der Waals surface area (Å²) in [6.45, 7) is 3.34. The van der Waals surface area contributed by atoms with E-state index >= 15 is 0 Å². The summed E-state index contributed by atoms with van der Waals surface area (Å²) < 4.78 is 12.5. The molecule has 20 heteroatoms. The predicted molar refractivity (Wildman–Crippen MR) is 189 cm³/mol. The molecule has 4 heterocycles. The van der Waals surface area contributed by atoms with E-state index in [0.717, 1.165) is 27.2 Å². The van der Waals surface area contributed by atoms with Gasteiger partial charge in [0.05, 0.1) is 29.4 Å². The van der Waals surface area contributed by atoms with Gasteiger partial charge in [0.2, 0.25) is 23.6 Å². The Morgan fingerprint density at radius 1 is 1.13 bits per heavy atom. The number of nitrogens with two attached hydrogens (primary N) is 1. The number of amides is 3. The van der Waals surface area contributed by atoms with Crippen molar-refractivity contribution in [1.29, 1.82) is 0 Å². The lowest BCUT2D eigenvalue weighted by molar-refractivity contribution is -0.139. The smallest absolute Gasteiger partial charge is 0.322 e. The number of aliphatic hydroxyl groups is 1. The summed E-state index contributed by atoms with van der Waals surface area (Å²) in [5.41, 5.74) is 7.03. The highest BCUT2D eigenvalue weighted by atomic mass is 32.2. The molecule has 52 heavy (non-hydrogen) atoms. The van der Waals surface area contributed by atoms with Gasteiger partial charge in [0.25, 0.3) is 5.91 Å². The average Bonchev–Trinajstić information content (AvgIpc) is 3.44. The summed E-state index contributed by atoms with van der Waals surface area (Å²) in [6.07, 6.45) is 0.0200. The Hall–Kier alpha value is -5.15. The molecule has 9 N–H and O–H groups in total. The van der Waals surface area contributed by atoms with Crippen LogP contribution in [0.25, 0.3) is 21.0 Å². The summed E-state index contributed by atoms with van der Waals surface area (Å²) in [7, 11) is 0. The van der Waals surface area contributed by atoms with E-state index in [-0.39, 0.29) is 48.0 Å². The number of ether oxygens (including phenoxy) is 2. The van der Waals surface area contributed by atoms with Crippen LogP contribution in [0.15, 0.2) is 35.6 Å². The second-order valence-electron chi connectivity index (χ2n) is 11.6. The zero-order chi connectivity index (χ0) is 37.5. The van der Waals surface area contributed by atoms with Crippen molar-refractivity contribution in [1.82, 2.24) is 30.9 Å². The minimum atomic E-state index is -1.29. The second kappa shape index (κ2) is 16.9. The van der Waals surface area contributed by atoms with Gasteiger partial charge in [-0.05, 0) is 38.5 Å². The molecule has 3 amide bonds. The van der Waals surface area contributed by atoms with Crippen molar-refractivity contribution in [3.05, 3.63) is 40.9 Å². The Bertz CT molecular complexity index is 2010. The third kappa shape index (κ3) is 9.19. The molecular weight excluding hydrogens is 721 g/mol. The largest absolute Gasteiger partial charge is 0.480 e. The number of carboxylic acids is 2. The van der Waals surface area contributed by atoms with Crippen LogP contribution in [-0.2, 0) is 30.5 Å². The minimum Gasteiger partial charge on any atom is -0.480 e. The molecule has 0 radical (unpaired) electrons. The van der Waals surface area contributed by atoms with Gasteiger partial charge in [-0.15, -0.1) is 11.3 Å². The highest BCUT2D eigenvalue weighted by molar-refractivity contribution is 7.99. The lowest BCUT2D eigenvalue weighted by Crippen LogP contribution is -2.49. The second-order valence-corrected chi connectivity index (χ2v) is 13.6. The maximum Gasteiger partial charge on any atom is 0.322 e. The van der Waals surface area contributed by atoms with E-state index in [1.54, 1.807) is 25.1 Å². The Balaban J connectivity index is 1.38. The number of rotatable bonds is 16. The number of thiophene rings is 1. The molecule has 18 nitrogen and oxygen atoms in total. The van der Waals surface area contributed by atoms with Crippen LogP contribution in [0.4, 0.5) is 5.69 Å². The number of aromatic nitrogens is 3. The van der Waals surface area contributed by atoms with Gasteiger partial charge in [-0.1, -0.05) is 11.8 Å². The first-order chi connectivity index (χ1) is 24.8. The number of carbonyl (C=O) groups is 5. The number of fused-ring (bicyclic) bond motifs is 5. The third-order valence-electron chi connectivity index (χ3n) is 7.74. The van der Waals surface area contributed by atoms with Gasteiger partial charge < -0.3 is 51.8 Å². The van der Waals surface area contributed by atoms with Crippen LogP contribution in [0.2, 0.25) is 0 Å². The minimum absolute atomic E-state index is 0.106. The number of carboxylic acid groups (broad SMARTS) is 2. The quantitative estimate of drug-likeness (QED) is 0.0593. The topological polar surface area (TPSA) is 277 Å². The number of aliphatic carboxylic acids is 2. The van der Waals surface area contributed by atoms with Crippen LogP contribution in [0.5, 0.6) is 11.8 Å². The number of thioether (sulfide) groups is 1. The van der Waals surface area contributed by atoms with E-state index in [4.69, 9.17) is 25.4 Å². The van der Waals surface area contributed by atoms with E-state index in [9.17, 15) is 29.1 Å². The van der Waals surface area contributed by atoms with Crippen molar-refractivity contribution in [2.45, 2.75) is 62.8 Å². The molecular formula is C32H36N8O10S2. The number of nitrogens with one attached hydrogen (secondary N) is 4. The zero-order valence-electron chi connectivity index (χ0n) is 27.9. The molecule has 4 aromatic rings. The summed E-state index contributed by atoms with van der Waals surface area (Å²) >= 11 is 2.27. The van der Waals surface area contributed by atoms with Gasteiger partial charge >= 0.3 is 11.9 Å². The molecule has 0 aliphatic carbocycles. The molecule has 5 rings (SSSR count). The standard InChI is InChI=1S/C32H36N8O10S2/c1-3-49-12-15-10-35-32(51-13-19(28(45)34-11-23(42)43)37-21(41)8-5-17(33)31(47)48)40-30(15)50-22-9-4-16-18(38-22)6-7-20-24(16)25-26(52-20)29(46)36-14(2)27(44)39-25/h4,6-7,9-10,14,17,19,27,39,44H,3,5,8,11-13,33H2,1-2H3,(H,34,45)(H,36,46)(H,37,41)(H,42,43)(H,47,48)/t14-,17+,19+,27-/m1/s1. The first-order valence-electron chi connectivity index (χ1n) is 16.0. The molecule has 0 saturated heterocycles. The summed E-state index contributed by atoms with van der Waals surface area (Å²) in [5, 5.41) is 40.7. The van der Waals surface area contributed by atoms with Crippen molar-refractivity contribution in [2.75, 3.05) is 24.2 Å². The van der Waals surface area contributed by atoms with Gasteiger partial charge in [0, 0.05) is 46.5 Å². The Labute approximate surface area is 303 Å². The van der Waals surface area contributed by atoms with Gasteiger partial charge in [-0.2, -0.15) is 4.98 Å². The molecule has 0 bridgehead atoms. The lowest BCUT2D eigenvalue weighted by Gasteiger charge is -2.18. The fourth-order valence-electron chi connectivity index (χ4n) is 5.01. The van der Waals surface area contributed by atoms with Gasteiger partial charge in [0.1, 0.15) is 29.7 Å². The zero-order valence-corrected chi connectivity index (χ0v) is 29.5. The molecule has 0 fully saturated rings. The van der Waals surface area contributed by atoms with Crippen molar-refractivity contribution in [3.63, 3.8) is 0 Å². The molecule has 0 saturated carbocycles. The Morgan fingerprint density at radius 2 is 1.92 bits per heavy atom. The van der Waals surface area contributed by atoms with Crippen LogP contribution in [0.1, 0.15) is 41.9 Å². The summed E-state index contributed by atoms with van der Waals surface area (Å²) in [4.78, 5) is 74.2. The lowest BCUT2D eigenvalue weighted by atomic mass is 10.1. The highest BCUT2D eigenvalue weighted by Gasteiger charge is 2.29. The first kappa shape index (κ1) is 38.1. The van der Waals surface area contributed by atoms with E-state index in [0.29, 0.717) is 28.3 Å². The Morgan fingerprint density at radius 3 is 2.65 bits per heavy atom. The molecule has 3 aromatic heterocycles. The molecule has 0 spiro atoms. The number of hydrogen-bond donors (Lipinski definition) is 8. The van der Waals surface area contributed by atoms with Crippen molar-refractivity contribution < 1.29 is 48.8 Å². The number of aliphatic hydroxyl groups excluding tert-OH is 1. The predicted octanol–water partition coefficient (Wildman–Crippen LogP) is 1.40. The number of nitrogens with zero attached hydrogens (tertiary/aromatic N) is 3. The summed E-state index contributed by atoms with van der Waals surface area (Å²) in [5.74, 6) is -4.14. The van der Waals surface area contributed by atoms with Crippen molar-refractivity contribution in [2.24, 2.45) is 5.73 Å².